The summed E-state index contributed by atoms with van der Waals surface area (Å²) in [7, 11) is 0. The first-order chi connectivity index (χ1) is 9.69. The van der Waals surface area contributed by atoms with Crippen LogP contribution in [0.3, 0.4) is 0 Å². The molecule has 0 aliphatic rings. The lowest BCUT2D eigenvalue weighted by atomic mass is 10.0. The third-order valence-corrected chi connectivity index (χ3v) is 3.90. The van der Waals surface area contributed by atoms with Gasteiger partial charge in [-0.3, -0.25) is 4.79 Å². The fourth-order valence-corrected chi connectivity index (χ4v) is 2.44. The van der Waals surface area contributed by atoms with Crippen molar-refractivity contribution in [1.29, 1.82) is 0 Å². The number of alkyl halides is 1. The van der Waals surface area contributed by atoms with Crippen LogP contribution in [0.4, 0.5) is 5.69 Å². The molecule has 0 saturated heterocycles. The van der Waals surface area contributed by atoms with Gasteiger partial charge in [0, 0.05) is 17.4 Å². The molecule has 0 saturated carbocycles. The van der Waals surface area contributed by atoms with Gasteiger partial charge in [0.2, 0.25) is 5.91 Å². The standard InChI is InChI=1S/C17H18BrNO/c1-13-5-2-3-7-15(13)9-10-17(20)19-16-8-4-6-14(11-16)12-18/h2-8,11H,9-10,12H2,1H3,(H,19,20). The third-order valence-electron chi connectivity index (χ3n) is 3.25. The molecule has 2 nitrogen and oxygen atoms in total. The molecule has 2 aromatic rings. The van der Waals surface area contributed by atoms with Crippen molar-refractivity contribution in [3.63, 3.8) is 0 Å². The molecule has 2 rings (SSSR count). The summed E-state index contributed by atoms with van der Waals surface area (Å²) in [6.45, 7) is 2.08. The van der Waals surface area contributed by atoms with Gasteiger partial charge in [-0.15, -0.1) is 0 Å². The molecule has 0 unspecified atom stereocenters. The molecule has 0 aliphatic heterocycles. The van der Waals surface area contributed by atoms with E-state index in [2.05, 4.69) is 40.3 Å². The van der Waals surface area contributed by atoms with E-state index in [0.717, 1.165) is 23.0 Å². The molecule has 0 aliphatic carbocycles. The highest BCUT2D eigenvalue weighted by molar-refractivity contribution is 9.08. The molecule has 2 aromatic carbocycles. The van der Waals surface area contributed by atoms with E-state index >= 15 is 0 Å². The van der Waals surface area contributed by atoms with Gasteiger partial charge in [-0.25, -0.2) is 0 Å². The first-order valence-electron chi connectivity index (χ1n) is 6.68. The summed E-state index contributed by atoms with van der Waals surface area (Å²) in [5, 5.41) is 3.74. The van der Waals surface area contributed by atoms with E-state index in [1.807, 2.05) is 36.4 Å². The lowest BCUT2D eigenvalue weighted by Gasteiger charge is -2.08. The molecule has 20 heavy (non-hydrogen) atoms. The highest BCUT2D eigenvalue weighted by Gasteiger charge is 2.05. The number of rotatable bonds is 5. The van der Waals surface area contributed by atoms with Gasteiger partial charge in [0.05, 0.1) is 0 Å². The largest absolute Gasteiger partial charge is 0.326 e. The van der Waals surface area contributed by atoms with Gasteiger partial charge < -0.3 is 5.32 Å². The molecule has 0 spiro atoms. The predicted molar refractivity (Wildman–Crippen MR) is 87.2 cm³/mol. The number of anilines is 1. The van der Waals surface area contributed by atoms with Gasteiger partial charge in [-0.05, 0) is 42.2 Å². The number of aryl methyl sites for hydroxylation is 2. The maximum Gasteiger partial charge on any atom is 0.224 e. The number of benzene rings is 2. The van der Waals surface area contributed by atoms with Crippen molar-refractivity contribution in [2.45, 2.75) is 25.1 Å². The van der Waals surface area contributed by atoms with E-state index in [1.165, 1.54) is 11.1 Å². The minimum absolute atomic E-state index is 0.0555. The fourth-order valence-electron chi connectivity index (χ4n) is 2.09. The lowest BCUT2D eigenvalue weighted by molar-refractivity contribution is -0.116. The van der Waals surface area contributed by atoms with Crippen molar-refractivity contribution >= 4 is 27.5 Å². The molecular formula is C17H18BrNO. The first-order valence-corrected chi connectivity index (χ1v) is 7.80. The Hall–Kier alpha value is -1.61. The van der Waals surface area contributed by atoms with Crippen molar-refractivity contribution in [3.05, 3.63) is 65.2 Å². The monoisotopic (exact) mass is 331 g/mol. The minimum Gasteiger partial charge on any atom is -0.326 e. The first kappa shape index (κ1) is 14.8. The summed E-state index contributed by atoms with van der Waals surface area (Å²) in [6, 6.07) is 16.1. The summed E-state index contributed by atoms with van der Waals surface area (Å²) in [5.74, 6) is 0.0555. The topological polar surface area (TPSA) is 29.1 Å². The van der Waals surface area contributed by atoms with E-state index in [1.54, 1.807) is 0 Å². The van der Waals surface area contributed by atoms with Gasteiger partial charge in [-0.1, -0.05) is 52.3 Å². The number of carbonyl (C=O) groups is 1. The third kappa shape index (κ3) is 4.20. The van der Waals surface area contributed by atoms with Crippen LogP contribution in [0.25, 0.3) is 0 Å². The Bertz CT molecular complexity index is 595. The van der Waals surface area contributed by atoms with Crippen LogP contribution in [0.2, 0.25) is 0 Å². The average Bonchev–Trinajstić information content (AvgIpc) is 2.46. The van der Waals surface area contributed by atoms with Crippen LogP contribution in [0.15, 0.2) is 48.5 Å². The van der Waals surface area contributed by atoms with Crippen molar-refractivity contribution in [3.8, 4) is 0 Å². The normalized spacial score (nSPS) is 10.3. The van der Waals surface area contributed by atoms with Gasteiger partial charge >= 0.3 is 0 Å². The molecule has 1 N–H and O–H groups in total. The maximum atomic E-state index is 12.0. The Kier molecular flexibility index (Phi) is 5.36. The van der Waals surface area contributed by atoms with E-state index < -0.39 is 0 Å². The highest BCUT2D eigenvalue weighted by atomic mass is 79.9. The van der Waals surface area contributed by atoms with Crippen LogP contribution in [-0.4, -0.2) is 5.91 Å². The lowest BCUT2D eigenvalue weighted by Crippen LogP contribution is -2.12. The van der Waals surface area contributed by atoms with E-state index in [-0.39, 0.29) is 5.91 Å². The smallest absolute Gasteiger partial charge is 0.224 e. The van der Waals surface area contributed by atoms with Gasteiger partial charge in [-0.2, -0.15) is 0 Å². The van der Waals surface area contributed by atoms with E-state index in [4.69, 9.17) is 0 Å². The summed E-state index contributed by atoms with van der Waals surface area (Å²) in [5.41, 5.74) is 4.48. The summed E-state index contributed by atoms with van der Waals surface area (Å²) in [6.07, 6.45) is 1.28. The van der Waals surface area contributed by atoms with Crippen molar-refractivity contribution in [2.24, 2.45) is 0 Å². The second-order valence-corrected chi connectivity index (χ2v) is 5.37. The summed E-state index contributed by atoms with van der Waals surface area (Å²) >= 11 is 3.41. The molecule has 0 bridgehead atoms. The van der Waals surface area contributed by atoms with Gasteiger partial charge in [0.15, 0.2) is 0 Å². The second kappa shape index (κ2) is 7.25. The summed E-state index contributed by atoms with van der Waals surface area (Å²) in [4.78, 5) is 12.0. The Morgan fingerprint density at radius 1 is 1.15 bits per heavy atom. The Balaban J connectivity index is 1.91. The minimum atomic E-state index is 0.0555. The molecule has 0 heterocycles. The molecule has 104 valence electrons. The zero-order valence-electron chi connectivity index (χ0n) is 11.5. The zero-order valence-corrected chi connectivity index (χ0v) is 13.1. The van der Waals surface area contributed by atoms with Crippen LogP contribution in [0.1, 0.15) is 23.1 Å². The van der Waals surface area contributed by atoms with Crippen molar-refractivity contribution < 1.29 is 4.79 Å². The second-order valence-electron chi connectivity index (χ2n) is 4.81. The van der Waals surface area contributed by atoms with Crippen LogP contribution in [-0.2, 0) is 16.5 Å². The molecule has 3 heteroatoms. The Morgan fingerprint density at radius 3 is 2.70 bits per heavy atom. The molecule has 0 radical (unpaired) electrons. The van der Waals surface area contributed by atoms with Crippen LogP contribution < -0.4 is 5.32 Å². The molecular weight excluding hydrogens is 314 g/mol. The van der Waals surface area contributed by atoms with Crippen molar-refractivity contribution in [1.82, 2.24) is 0 Å². The van der Waals surface area contributed by atoms with Gasteiger partial charge in [0.1, 0.15) is 0 Å². The average molecular weight is 332 g/mol. The number of hydrogen-bond acceptors (Lipinski definition) is 1. The Morgan fingerprint density at radius 2 is 1.95 bits per heavy atom. The number of carbonyl (C=O) groups excluding carboxylic acids is 1. The molecule has 1 amide bonds. The maximum absolute atomic E-state index is 12.0. The number of hydrogen-bond donors (Lipinski definition) is 1. The van der Waals surface area contributed by atoms with Gasteiger partial charge in [0.25, 0.3) is 0 Å². The molecule has 0 aromatic heterocycles. The van der Waals surface area contributed by atoms with Crippen LogP contribution in [0, 0.1) is 6.92 Å². The number of amides is 1. The predicted octanol–water partition coefficient (Wildman–Crippen LogP) is 4.46. The Labute approximate surface area is 128 Å². The SMILES string of the molecule is Cc1ccccc1CCC(=O)Nc1cccc(CBr)c1. The van der Waals surface area contributed by atoms with Crippen molar-refractivity contribution in [2.75, 3.05) is 5.32 Å². The molecule has 0 atom stereocenters. The van der Waals surface area contributed by atoms with Crippen LogP contribution in [0.5, 0.6) is 0 Å². The fraction of sp³-hybridized carbons (Fsp3) is 0.235. The van der Waals surface area contributed by atoms with E-state index in [9.17, 15) is 4.79 Å². The van der Waals surface area contributed by atoms with Crippen LogP contribution >= 0.6 is 15.9 Å². The quantitative estimate of drug-likeness (QED) is 0.805. The number of nitrogens with one attached hydrogen (secondary N) is 1. The zero-order chi connectivity index (χ0) is 14.4. The highest BCUT2D eigenvalue weighted by Crippen LogP contribution is 2.14. The van der Waals surface area contributed by atoms with E-state index in [0.29, 0.717) is 6.42 Å². The summed E-state index contributed by atoms with van der Waals surface area (Å²) < 4.78 is 0. The number of halogens is 1. The molecule has 0 fully saturated rings.